The highest BCUT2D eigenvalue weighted by Gasteiger charge is 2.17. The minimum absolute atomic E-state index is 0.283. The molecule has 35 heavy (non-hydrogen) atoms. The van der Waals surface area contributed by atoms with E-state index in [2.05, 4.69) is 16.2 Å². The zero-order valence-electron chi connectivity index (χ0n) is 19.6. The molecule has 0 radical (unpaired) electrons. The first-order valence-corrected chi connectivity index (χ1v) is 10.4. The molecule has 3 amide bonds. The Labute approximate surface area is 202 Å². The molecule has 0 saturated carbocycles. The first-order chi connectivity index (χ1) is 16.9. The summed E-state index contributed by atoms with van der Waals surface area (Å²) in [7, 11) is 5.92. The SMILES string of the molecule is COc1ccc(C(=O)NNC(=O)c2ccc(NC(=O)c3cc(OC)c(OC)c(OC)c3)cc2)cc1. The minimum atomic E-state index is -0.519. The van der Waals surface area contributed by atoms with Gasteiger partial charge in [0, 0.05) is 22.4 Å². The third-order valence-corrected chi connectivity index (χ3v) is 4.97. The van der Waals surface area contributed by atoms with Crippen molar-refractivity contribution in [1.82, 2.24) is 10.9 Å². The van der Waals surface area contributed by atoms with E-state index in [9.17, 15) is 14.4 Å². The topological polar surface area (TPSA) is 124 Å². The quantitative estimate of drug-likeness (QED) is 0.424. The number of benzene rings is 3. The summed E-state index contributed by atoms with van der Waals surface area (Å²) in [4.78, 5) is 37.3. The van der Waals surface area contributed by atoms with Crippen LogP contribution in [0.3, 0.4) is 0 Å². The smallest absolute Gasteiger partial charge is 0.269 e. The van der Waals surface area contributed by atoms with E-state index < -0.39 is 17.7 Å². The lowest BCUT2D eigenvalue weighted by molar-refractivity contribution is 0.0846. The lowest BCUT2D eigenvalue weighted by Gasteiger charge is -2.14. The Morgan fingerprint density at radius 1 is 0.571 bits per heavy atom. The normalized spacial score (nSPS) is 10.1. The molecule has 3 N–H and O–H groups in total. The number of rotatable bonds is 8. The lowest BCUT2D eigenvalue weighted by Crippen LogP contribution is -2.41. The first-order valence-electron chi connectivity index (χ1n) is 10.4. The van der Waals surface area contributed by atoms with Gasteiger partial charge in [0.25, 0.3) is 17.7 Å². The number of carbonyl (C=O) groups is 3. The zero-order chi connectivity index (χ0) is 25.4. The lowest BCUT2D eigenvalue weighted by atomic mass is 10.1. The molecule has 3 aromatic rings. The maximum atomic E-state index is 12.7. The van der Waals surface area contributed by atoms with Crippen LogP contribution in [0.4, 0.5) is 5.69 Å². The number of hydrogen-bond donors (Lipinski definition) is 3. The number of methoxy groups -OCH3 is 4. The second kappa shape index (κ2) is 11.4. The van der Waals surface area contributed by atoms with Crippen LogP contribution in [0, 0.1) is 0 Å². The van der Waals surface area contributed by atoms with Crippen molar-refractivity contribution < 1.29 is 33.3 Å². The van der Waals surface area contributed by atoms with Crippen molar-refractivity contribution in [2.45, 2.75) is 0 Å². The van der Waals surface area contributed by atoms with Gasteiger partial charge in [-0.25, -0.2) is 0 Å². The molecular weight excluding hydrogens is 454 g/mol. The Morgan fingerprint density at radius 2 is 1.06 bits per heavy atom. The van der Waals surface area contributed by atoms with Gasteiger partial charge in [-0.05, 0) is 60.7 Å². The molecule has 0 spiro atoms. The van der Waals surface area contributed by atoms with Gasteiger partial charge in [-0.2, -0.15) is 0 Å². The minimum Gasteiger partial charge on any atom is -0.497 e. The Bertz CT molecular complexity index is 1180. The van der Waals surface area contributed by atoms with Crippen LogP contribution < -0.4 is 35.1 Å². The van der Waals surface area contributed by atoms with Gasteiger partial charge in [-0.3, -0.25) is 25.2 Å². The Morgan fingerprint density at radius 3 is 1.49 bits per heavy atom. The summed E-state index contributed by atoms with van der Waals surface area (Å²) in [5.41, 5.74) is 6.10. The first kappa shape index (κ1) is 24.9. The van der Waals surface area contributed by atoms with Crippen LogP contribution in [-0.4, -0.2) is 46.2 Å². The molecule has 0 heterocycles. The van der Waals surface area contributed by atoms with Crippen molar-refractivity contribution in [3.63, 3.8) is 0 Å². The van der Waals surface area contributed by atoms with E-state index >= 15 is 0 Å². The number of carbonyl (C=O) groups excluding carboxylic acids is 3. The van der Waals surface area contributed by atoms with Gasteiger partial charge in [0.15, 0.2) is 11.5 Å². The molecule has 10 heteroatoms. The van der Waals surface area contributed by atoms with Gasteiger partial charge in [0.05, 0.1) is 28.4 Å². The molecule has 182 valence electrons. The third kappa shape index (κ3) is 5.99. The summed E-state index contributed by atoms with van der Waals surface area (Å²) < 4.78 is 20.9. The molecule has 0 atom stereocenters. The molecule has 3 rings (SSSR count). The molecule has 0 aliphatic carbocycles. The van der Waals surface area contributed by atoms with Crippen molar-refractivity contribution in [2.75, 3.05) is 33.8 Å². The summed E-state index contributed by atoms with van der Waals surface area (Å²) in [5.74, 6) is 0.281. The average molecular weight is 479 g/mol. The molecule has 0 saturated heterocycles. The Hall–Kier alpha value is -4.73. The van der Waals surface area contributed by atoms with Crippen molar-refractivity contribution >= 4 is 23.4 Å². The van der Waals surface area contributed by atoms with Crippen molar-refractivity contribution in [3.05, 3.63) is 77.4 Å². The molecule has 3 aromatic carbocycles. The Kier molecular flexibility index (Phi) is 8.12. The fourth-order valence-corrected chi connectivity index (χ4v) is 3.12. The summed E-state index contributed by atoms with van der Waals surface area (Å²) in [6, 6.07) is 15.7. The molecule has 0 aliphatic heterocycles. The molecule has 0 fully saturated rings. The number of hydrogen-bond acceptors (Lipinski definition) is 7. The van der Waals surface area contributed by atoms with Crippen LogP contribution in [0.5, 0.6) is 23.0 Å². The van der Waals surface area contributed by atoms with E-state index in [0.29, 0.717) is 39.8 Å². The molecule has 0 aromatic heterocycles. The van der Waals surface area contributed by atoms with Crippen LogP contribution in [0.2, 0.25) is 0 Å². The highest BCUT2D eigenvalue weighted by Crippen LogP contribution is 2.38. The predicted octanol–water partition coefficient (Wildman–Crippen LogP) is 3.05. The largest absolute Gasteiger partial charge is 0.497 e. The zero-order valence-corrected chi connectivity index (χ0v) is 19.6. The van der Waals surface area contributed by atoms with Gasteiger partial charge in [-0.15, -0.1) is 0 Å². The van der Waals surface area contributed by atoms with Crippen LogP contribution in [-0.2, 0) is 0 Å². The van der Waals surface area contributed by atoms with Crippen LogP contribution >= 0.6 is 0 Å². The van der Waals surface area contributed by atoms with Crippen LogP contribution in [0.15, 0.2) is 60.7 Å². The van der Waals surface area contributed by atoms with Gasteiger partial charge in [-0.1, -0.05) is 0 Å². The summed E-state index contributed by atoms with van der Waals surface area (Å²) in [6.45, 7) is 0. The number of hydrazine groups is 1. The second-order valence-electron chi connectivity index (χ2n) is 7.08. The van der Waals surface area contributed by atoms with Gasteiger partial charge >= 0.3 is 0 Å². The Balaban J connectivity index is 1.61. The number of amides is 3. The molecule has 0 unspecified atom stereocenters. The third-order valence-electron chi connectivity index (χ3n) is 4.97. The van der Waals surface area contributed by atoms with E-state index in [1.807, 2.05) is 0 Å². The number of ether oxygens (including phenoxy) is 4. The van der Waals surface area contributed by atoms with Crippen molar-refractivity contribution in [2.24, 2.45) is 0 Å². The predicted molar refractivity (Wildman–Crippen MR) is 128 cm³/mol. The maximum Gasteiger partial charge on any atom is 0.269 e. The van der Waals surface area contributed by atoms with Gasteiger partial charge in [0.1, 0.15) is 5.75 Å². The summed E-state index contributed by atoms with van der Waals surface area (Å²) in [6.07, 6.45) is 0. The molecular formula is C25H25N3O7. The number of anilines is 1. The van der Waals surface area contributed by atoms with Crippen LogP contribution in [0.1, 0.15) is 31.1 Å². The molecule has 0 aliphatic rings. The number of nitrogens with one attached hydrogen (secondary N) is 3. The molecule has 0 bridgehead atoms. The average Bonchev–Trinajstić information content (AvgIpc) is 2.90. The fourth-order valence-electron chi connectivity index (χ4n) is 3.12. The second-order valence-corrected chi connectivity index (χ2v) is 7.08. The summed E-state index contributed by atoms with van der Waals surface area (Å²) >= 11 is 0. The summed E-state index contributed by atoms with van der Waals surface area (Å²) in [5, 5.41) is 2.74. The van der Waals surface area contributed by atoms with E-state index in [4.69, 9.17) is 18.9 Å². The van der Waals surface area contributed by atoms with Gasteiger partial charge < -0.3 is 24.3 Å². The highest BCUT2D eigenvalue weighted by molar-refractivity contribution is 6.05. The van der Waals surface area contributed by atoms with Crippen molar-refractivity contribution in [3.8, 4) is 23.0 Å². The highest BCUT2D eigenvalue weighted by atomic mass is 16.5. The monoisotopic (exact) mass is 479 g/mol. The van der Waals surface area contributed by atoms with E-state index in [0.717, 1.165) is 0 Å². The van der Waals surface area contributed by atoms with E-state index in [1.165, 1.54) is 52.7 Å². The van der Waals surface area contributed by atoms with Crippen molar-refractivity contribution in [1.29, 1.82) is 0 Å². The standard InChI is InChI=1S/C25H25N3O7/c1-32-19-11-7-16(8-12-19)25(31)28-27-24(30)15-5-9-18(10-6-15)26-23(29)17-13-20(33-2)22(35-4)21(14-17)34-3/h5-14H,1-4H3,(H,26,29)(H,27,30)(H,28,31). The van der Waals surface area contributed by atoms with Crippen LogP contribution in [0.25, 0.3) is 0 Å². The fraction of sp³-hybridized carbons (Fsp3) is 0.160. The van der Waals surface area contributed by atoms with Gasteiger partial charge in [0.2, 0.25) is 5.75 Å². The van der Waals surface area contributed by atoms with E-state index in [-0.39, 0.29) is 5.56 Å². The molecule has 10 nitrogen and oxygen atoms in total. The maximum absolute atomic E-state index is 12.7. The van der Waals surface area contributed by atoms with E-state index in [1.54, 1.807) is 36.4 Å².